The molecule has 0 bridgehead atoms. The second-order valence-corrected chi connectivity index (χ2v) is 7.32. The van der Waals surface area contributed by atoms with Crippen molar-refractivity contribution in [1.29, 1.82) is 0 Å². The van der Waals surface area contributed by atoms with Crippen molar-refractivity contribution >= 4 is 22.6 Å². The van der Waals surface area contributed by atoms with Crippen LogP contribution in [-0.2, 0) is 15.5 Å². The molecule has 1 aliphatic carbocycles. The molecule has 0 atom stereocenters. The summed E-state index contributed by atoms with van der Waals surface area (Å²) >= 11 is 0. The van der Waals surface area contributed by atoms with Crippen molar-refractivity contribution in [1.82, 2.24) is 19.7 Å². The summed E-state index contributed by atoms with van der Waals surface area (Å²) in [5, 5.41) is 7.66. The van der Waals surface area contributed by atoms with E-state index in [0.717, 1.165) is 19.8 Å². The number of rotatable bonds is 6. The molecule has 8 nitrogen and oxygen atoms in total. The number of hydrogen-bond donors (Lipinski definition) is 1. The number of anilines is 1. The maximum absolute atomic E-state index is 13.8. The summed E-state index contributed by atoms with van der Waals surface area (Å²) in [7, 11) is 1.65. The summed E-state index contributed by atoms with van der Waals surface area (Å²) in [4.78, 5) is 19.7. The number of nitrogens with one attached hydrogen (secondary N) is 1. The van der Waals surface area contributed by atoms with Gasteiger partial charge in [0.05, 0.1) is 17.0 Å². The molecular formula is C20H21F2N5O3. The van der Waals surface area contributed by atoms with E-state index in [9.17, 15) is 13.6 Å². The monoisotopic (exact) mass is 417 g/mol. The fourth-order valence-electron chi connectivity index (χ4n) is 3.24. The molecule has 0 aliphatic heterocycles. The highest BCUT2D eigenvalue weighted by molar-refractivity contribution is 5.92. The van der Waals surface area contributed by atoms with Gasteiger partial charge in [0.2, 0.25) is 11.8 Å². The third kappa shape index (κ3) is 3.95. The Hall–Kier alpha value is -3.14. The highest BCUT2D eigenvalue weighted by Gasteiger charge is 2.32. The SMILES string of the molecule is COC1CC(Oc2nn(-c3cccc(C(C)(F)F)n3)c3cc(NC(C)=O)ncc23)C1. The molecule has 30 heavy (non-hydrogen) atoms. The molecule has 1 fully saturated rings. The Morgan fingerprint density at radius 1 is 1.30 bits per heavy atom. The van der Waals surface area contributed by atoms with Crippen LogP contribution < -0.4 is 10.1 Å². The molecule has 3 aromatic rings. The number of pyridine rings is 2. The van der Waals surface area contributed by atoms with E-state index in [4.69, 9.17) is 9.47 Å². The van der Waals surface area contributed by atoms with Crippen LogP contribution in [0.1, 0.15) is 32.4 Å². The van der Waals surface area contributed by atoms with Crippen LogP contribution in [0.3, 0.4) is 0 Å². The van der Waals surface area contributed by atoms with Gasteiger partial charge < -0.3 is 14.8 Å². The molecule has 158 valence electrons. The first-order chi connectivity index (χ1) is 14.2. The lowest BCUT2D eigenvalue weighted by Gasteiger charge is -2.33. The van der Waals surface area contributed by atoms with Crippen LogP contribution in [0, 0.1) is 0 Å². The number of aromatic nitrogens is 4. The molecule has 1 aliphatic rings. The van der Waals surface area contributed by atoms with E-state index in [2.05, 4.69) is 20.4 Å². The van der Waals surface area contributed by atoms with Crippen molar-refractivity contribution in [3.05, 3.63) is 36.2 Å². The van der Waals surface area contributed by atoms with Gasteiger partial charge in [-0.25, -0.2) is 14.6 Å². The number of halogens is 2. The van der Waals surface area contributed by atoms with E-state index in [1.54, 1.807) is 19.2 Å². The Morgan fingerprint density at radius 3 is 2.73 bits per heavy atom. The number of amides is 1. The average Bonchev–Trinajstić information content (AvgIpc) is 3.01. The number of hydrogen-bond acceptors (Lipinski definition) is 6. The van der Waals surface area contributed by atoms with Crippen molar-refractivity contribution < 1.29 is 23.0 Å². The van der Waals surface area contributed by atoms with Gasteiger partial charge in [-0.1, -0.05) is 6.07 Å². The van der Waals surface area contributed by atoms with Crippen molar-refractivity contribution in [3.63, 3.8) is 0 Å². The van der Waals surface area contributed by atoms with E-state index in [-0.39, 0.29) is 29.6 Å². The van der Waals surface area contributed by atoms with Crippen LogP contribution in [0.4, 0.5) is 14.6 Å². The second kappa shape index (κ2) is 7.60. The number of carbonyl (C=O) groups excluding carboxylic acids is 1. The number of methoxy groups -OCH3 is 1. The summed E-state index contributed by atoms with van der Waals surface area (Å²) in [6.07, 6.45) is 3.09. The standard InChI is InChI=1S/C20H21F2N5O3/c1-11(28)24-17-9-15-14(10-23-17)19(30-13-7-12(8-13)29-3)26-27(15)18-6-4-5-16(25-18)20(2,21)22/h4-6,9-10,12-13H,7-8H2,1-3H3,(H,23,24,28). The van der Waals surface area contributed by atoms with Gasteiger partial charge in [-0.05, 0) is 12.1 Å². The third-order valence-electron chi connectivity index (χ3n) is 4.90. The first-order valence-electron chi connectivity index (χ1n) is 9.46. The normalized spacial score (nSPS) is 18.8. The summed E-state index contributed by atoms with van der Waals surface area (Å²) < 4.78 is 40.3. The highest BCUT2D eigenvalue weighted by atomic mass is 19.3. The van der Waals surface area contributed by atoms with E-state index < -0.39 is 5.92 Å². The van der Waals surface area contributed by atoms with E-state index >= 15 is 0 Å². The fourth-order valence-corrected chi connectivity index (χ4v) is 3.24. The number of alkyl halides is 2. The molecule has 0 saturated heterocycles. The van der Waals surface area contributed by atoms with Crippen molar-refractivity contribution in [2.45, 2.75) is 44.8 Å². The fraction of sp³-hybridized carbons (Fsp3) is 0.400. The molecule has 0 radical (unpaired) electrons. The molecule has 3 heterocycles. The van der Waals surface area contributed by atoms with Gasteiger partial charge >= 0.3 is 0 Å². The smallest absolute Gasteiger partial charge is 0.287 e. The molecule has 0 aromatic carbocycles. The molecule has 1 N–H and O–H groups in total. The van der Waals surface area contributed by atoms with Gasteiger partial charge in [0.25, 0.3) is 5.92 Å². The Balaban J connectivity index is 1.78. The summed E-state index contributed by atoms with van der Waals surface area (Å²) in [5.41, 5.74) is 0.152. The van der Waals surface area contributed by atoms with Crippen molar-refractivity contribution in [3.8, 4) is 11.7 Å². The maximum atomic E-state index is 13.8. The predicted molar refractivity (Wildman–Crippen MR) is 105 cm³/mol. The van der Waals surface area contributed by atoms with Gasteiger partial charge in [-0.3, -0.25) is 4.79 Å². The molecule has 0 spiro atoms. The Morgan fingerprint density at radius 2 is 2.07 bits per heavy atom. The molecule has 0 unspecified atom stereocenters. The molecule has 4 rings (SSSR count). The van der Waals surface area contributed by atoms with Gasteiger partial charge in [-0.15, -0.1) is 5.10 Å². The van der Waals surface area contributed by atoms with Crippen LogP contribution in [0.5, 0.6) is 5.88 Å². The lowest BCUT2D eigenvalue weighted by atomic mass is 9.92. The third-order valence-corrected chi connectivity index (χ3v) is 4.90. The lowest BCUT2D eigenvalue weighted by Crippen LogP contribution is -2.38. The van der Waals surface area contributed by atoms with Crippen LogP contribution in [0.2, 0.25) is 0 Å². The van der Waals surface area contributed by atoms with Crippen LogP contribution >= 0.6 is 0 Å². The van der Waals surface area contributed by atoms with Crippen LogP contribution in [0.25, 0.3) is 16.7 Å². The molecular weight excluding hydrogens is 396 g/mol. The van der Waals surface area contributed by atoms with E-state index in [1.807, 2.05) is 0 Å². The number of nitrogens with zero attached hydrogens (tertiary/aromatic N) is 4. The predicted octanol–water partition coefficient (Wildman–Crippen LogP) is 3.44. The highest BCUT2D eigenvalue weighted by Crippen LogP contribution is 2.34. The van der Waals surface area contributed by atoms with Gasteiger partial charge in [0.15, 0.2) is 5.82 Å². The van der Waals surface area contributed by atoms with Crippen molar-refractivity contribution in [2.24, 2.45) is 0 Å². The largest absolute Gasteiger partial charge is 0.473 e. The number of carbonyl (C=O) groups is 1. The Labute approximate surface area is 171 Å². The maximum Gasteiger partial charge on any atom is 0.287 e. The van der Waals surface area contributed by atoms with E-state index in [0.29, 0.717) is 22.6 Å². The zero-order valence-corrected chi connectivity index (χ0v) is 16.7. The number of fused-ring (bicyclic) bond motifs is 1. The lowest BCUT2D eigenvalue weighted by molar-refractivity contribution is -0.114. The van der Waals surface area contributed by atoms with Gasteiger partial charge in [0.1, 0.15) is 17.6 Å². The number of ether oxygens (including phenoxy) is 2. The Bertz CT molecular complexity index is 1090. The average molecular weight is 417 g/mol. The minimum atomic E-state index is -3.09. The topological polar surface area (TPSA) is 91.2 Å². The van der Waals surface area contributed by atoms with Gasteiger partial charge in [0, 0.05) is 46.1 Å². The van der Waals surface area contributed by atoms with Gasteiger partial charge in [-0.2, -0.15) is 8.78 Å². The first kappa shape index (κ1) is 20.1. The minimum absolute atomic E-state index is 0.0595. The molecule has 3 aromatic heterocycles. The zero-order valence-electron chi connectivity index (χ0n) is 16.7. The van der Waals surface area contributed by atoms with Crippen molar-refractivity contribution in [2.75, 3.05) is 12.4 Å². The quantitative estimate of drug-likeness (QED) is 0.661. The second-order valence-electron chi connectivity index (χ2n) is 7.32. The Kier molecular flexibility index (Phi) is 5.10. The first-order valence-corrected chi connectivity index (χ1v) is 9.46. The molecule has 10 heteroatoms. The van der Waals surface area contributed by atoms with Crippen LogP contribution in [-0.4, -0.2) is 45.0 Å². The summed E-state index contributed by atoms with van der Waals surface area (Å²) in [6.45, 7) is 2.16. The summed E-state index contributed by atoms with van der Waals surface area (Å²) in [5.74, 6) is -2.54. The zero-order chi connectivity index (χ0) is 21.5. The van der Waals surface area contributed by atoms with E-state index in [1.165, 1.54) is 29.9 Å². The summed E-state index contributed by atoms with van der Waals surface area (Å²) in [6, 6.07) is 5.94. The minimum Gasteiger partial charge on any atom is -0.473 e. The molecule has 1 amide bonds. The molecule has 1 saturated carbocycles. The van der Waals surface area contributed by atoms with Crippen LogP contribution in [0.15, 0.2) is 30.5 Å².